The van der Waals surface area contributed by atoms with Crippen LogP contribution in [0.4, 0.5) is 5.69 Å². The van der Waals surface area contributed by atoms with E-state index >= 15 is 0 Å². The minimum atomic E-state index is -0.527. The highest BCUT2D eigenvalue weighted by molar-refractivity contribution is 9.10. The van der Waals surface area contributed by atoms with Crippen LogP contribution in [-0.2, 0) is 16.6 Å². The molecule has 5 nitrogen and oxygen atoms in total. The van der Waals surface area contributed by atoms with Crippen LogP contribution in [0.25, 0.3) is 0 Å². The maximum atomic E-state index is 11.8. The van der Waals surface area contributed by atoms with Gasteiger partial charge in [-0.05, 0) is 52.7 Å². The van der Waals surface area contributed by atoms with Crippen molar-refractivity contribution in [3.63, 3.8) is 0 Å². The number of ether oxygens (including phenoxy) is 1. The Balaban J connectivity index is 1.90. The van der Waals surface area contributed by atoms with E-state index in [4.69, 9.17) is 4.74 Å². The molecular formula is C15H15BrN2O3. The second-order valence-corrected chi connectivity index (χ2v) is 5.47. The quantitative estimate of drug-likeness (QED) is 0.862. The molecule has 0 spiro atoms. The topological polar surface area (TPSA) is 60.3 Å². The fraction of sp³-hybridized carbons (Fsp3) is 0.200. The van der Waals surface area contributed by atoms with Gasteiger partial charge in [-0.1, -0.05) is 6.07 Å². The van der Waals surface area contributed by atoms with Crippen LogP contribution in [0.1, 0.15) is 16.1 Å². The molecule has 2 rings (SSSR count). The minimum Gasteiger partial charge on any atom is -0.451 e. The second kappa shape index (κ2) is 6.58. The normalized spacial score (nSPS) is 10.2. The van der Waals surface area contributed by atoms with Gasteiger partial charge in [-0.15, -0.1) is 0 Å². The summed E-state index contributed by atoms with van der Waals surface area (Å²) in [4.78, 5) is 23.6. The first-order chi connectivity index (χ1) is 9.97. The Morgan fingerprint density at radius 2 is 2.10 bits per heavy atom. The Hall–Kier alpha value is -2.08. The summed E-state index contributed by atoms with van der Waals surface area (Å²) >= 11 is 3.37. The number of carbonyl (C=O) groups is 2. The predicted molar refractivity (Wildman–Crippen MR) is 83.2 cm³/mol. The van der Waals surface area contributed by atoms with E-state index in [0.29, 0.717) is 11.4 Å². The van der Waals surface area contributed by atoms with Gasteiger partial charge in [-0.2, -0.15) is 0 Å². The van der Waals surface area contributed by atoms with E-state index in [2.05, 4.69) is 21.2 Å². The number of anilines is 1. The third kappa shape index (κ3) is 3.95. The largest absolute Gasteiger partial charge is 0.451 e. The van der Waals surface area contributed by atoms with Crippen LogP contribution in [0.5, 0.6) is 0 Å². The van der Waals surface area contributed by atoms with E-state index < -0.39 is 5.97 Å². The number of aromatic nitrogens is 1. The molecule has 0 radical (unpaired) electrons. The Labute approximate surface area is 131 Å². The molecule has 1 amide bonds. The molecular weight excluding hydrogens is 336 g/mol. The second-order valence-electron chi connectivity index (χ2n) is 4.61. The first-order valence-corrected chi connectivity index (χ1v) is 7.11. The van der Waals surface area contributed by atoms with Gasteiger partial charge in [0.1, 0.15) is 5.69 Å². The lowest BCUT2D eigenvalue weighted by Gasteiger charge is -2.09. The number of aryl methyl sites for hydroxylation is 2. The van der Waals surface area contributed by atoms with Crippen molar-refractivity contribution >= 4 is 33.5 Å². The number of nitrogens with one attached hydrogen (secondary N) is 1. The third-order valence-electron chi connectivity index (χ3n) is 2.89. The van der Waals surface area contributed by atoms with Gasteiger partial charge in [0.2, 0.25) is 0 Å². The molecule has 0 unspecified atom stereocenters. The maximum absolute atomic E-state index is 11.8. The molecule has 1 N–H and O–H groups in total. The number of benzene rings is 1. The van der Waals surface area contributed by atoms with Crippen molar-refractivity contribution < 1.29 is 14.3 Å². The summed E-state index contributed by atoms with van der Waals surface area (Å²) in [5.74, 6) is -0.914. The van der Waals surface area contributed by atoms with Gasteiger partial charge in [0.05, 0.1) is 5.69 Å². The summed E-state index contributed by atoms with van der Waals surface area (Å²) in [6.45, 7) is 1.63. The summed E-state index contributed by atoms with van der Waals surface area (Å²) in [7, 11) is 1.74. The Morgan fingerprint density at radius 3 is 2.71 bits per heavy atom. The molecule has 1 heterocycles. The fourth-order valence-corrected chi connectivity index (χ4v) is 2.38. The van der Waals surface area contributed by atoms with Gasteiger partial charge in [0, 0.05) is 17.7 Å². The van der Waals surface area contributed by atoms with Gasteiger partial charge < -0.3 is 14.6 Å². The number of carbonyl (C=O) groups excluding carboxylic acids is 2. The van der Waals surface area contributed by atoms with Gasteiger partial charge >= 0.3 is 5.97 Å². The van der Waals surface area contributed by atoms with Crippen LogP contribution in [0.15, 0.2) is 41.0 Å². The number of hydrogen-bond acceptors (Lipinski definition) is 3. The lowest BCUT2D eigenvalue weighted by atomic mass is 10.2. The van der Waals surface area contributed by atoms with Crippen molar-refractivity contribution in [1.29, 1.82) is 0 Å². The van der Waals surface area contributed by atoms with E-state index in [-0.39, 0.29) is 12.5 Å². The molecule has 21 heavy (non-hydrogen) atoms. The van der Waals surface area contributed by atoms with E-state index in [1.807, 2.05) is 19.1 Å². The minimum absolute atomic E-state index is 0.329. The lowest BCUT2D eigenvalue weighted by molar-refractivity contribution is -0.119. The molecule has 0 saturated heterocycles. The average Bonchev–Trinajstić information content (AvgIpc) is 2.85. The Morgan fingerprint density at radius 1 is 1.33 bits per heavy atom. The summed E-state index contributed by atoms with van der Waals surface area (Å²) in [6.07, 6.45) is 1.74. The van der Waals surface area contributed by atoms with Crippen LogP contribution >= 0.6 is 15.9 Å². The molecule has 0 saturated carbocycles. The standard InChI is InChI=1S/C15H15BrN2O3/c1-10-5-6-12(11(16)8-10)17-14(19)9-21-15(20)13-4-3-7-18(13)2/h3-8H,9H2,1-2H3,(H,17,19). The molecule has 2 aromatic rings. The highest BCUT2D eigenvalue weighted by atomic mass is 79.9. The average molecular weight is 351 g/mol. The van der Waals surface area contributed by atoms with Crippen LogP contribution in [-0.4, -0.2) is 23.1 Å². The summed E-state index contributed by atoms with van der Waals surface area (Å²) in [6, 6.07) is 8.94. The fourth-order valence-electron chi connectivity index (χ4n) is 1.79. The summed E-state index contributed by atoms with van der Waals surface area (Å²) in [5.41, 5.74) is 2.12. The smallest absolute Gasteiger partial charge is 0.355 e. The number of rotatable bonds is 4. The third-order valence-corrected chi connectivity index (χ3v) is 3.54. The number of nitrogens with zero attached hydrogens (tertiary/aromatic N) is 1. The monoisotopic (exact) mass is 350 g/mol. The van der Waals surface area contributed by atoms with E-state index in [1.54, 1.807) is 36.0 Å². The number of halogens is 1. The molecule has 0 aliphatic heterocycles. The van der Waals surface area contributed by atoms with E-state index in [0.717, 1.165) is 10.0 Å². The van der Waals surface area contributed by atoms with Crippen LogP contribution in [0.3, 0.4) is 0 Å². The molecule has 6 heteroatoms. The van der Waals surface area contributed by atoms with Gasteiger partial charge in [-0.3, -0.25) is 4.79 Å². The lowest BCUT2D eigenvalue weighted by Crippen LogP contribution is -2.22. The molecule has 0 bridgehead atoms. The zero-order chi connectivity index (χ0) is 15.4. The molecule has 1 aromatic heterocycles. The first kappa shape index (κ1) is 15.3. The molecule has 0 aliphatic carbocycles. The highest BCUT2D eigenvalue weighted by Gasteiger charge is 2.13. The first-order valence-electron chi connectivity index (χ1n) is 6.32. The molecule has 0 aliphatic rings. The number of hydrogen-bond donors (Lipinski definition) is 1. The number of esters is 1. The Kier molecular flexibility index (Phi) is 4.80. The van der Waals surface area contributed by atoms with Crippen molar-refractivity contribution in [3.8, 4) is 0 Å². The summed E-state index contributed by atoms with van der Waals surface area (Å²) < 4.78 is 7.40. The Bertz CT molecular complexity index is 679. The summed E-state index contributed by atoms with van der Waals surface area (Å²) in [5, 5.41) is 2.68. The molecule has 110 valence electrons. The van der Waals surface area contributed by atoms with Crippen LogP contribution in [0.2, 0.25) is 0 Å². The van der Waals surface area contributed by atoms with Gasteiger partial charge in [0.25, 0.3) is 5.91 Å². The molecule has 0 fully saturated rings. The molecule has 0 atom stereocenters. The zero-order valence-electron chi connectivity index (χ0n) is 11.7. The van der Waals surface area contributed by atoms with Crippen molar-refractivity contribution in [1.82, 2.24) is 4.57 Å². The van der Waals surface area contributed by atoms with Crippen LogP contribution in [0, 0.1) is 6.92 Å². The van der Waals surface area contributed by atoms with Crippen molar-refractivity contribution in [2.24, 2.45) is 7.05 Å². The van der Waals surface area contributed by atoms with Gasteiger partial charge in [0.15, 0.2) is 6.61 Å². The van der Waals surface area contributed by atoms with E-state index in [1.165, 1.54) is 0 Å². The maximum Gasteiger partial charge on any atom is 0.355 e. The molecule has 1 aromatic carbocycles. The van der Waals surface area contributed by atoms with E-state index in [9.17, 15) is 9.59 Å². The van der Waals surface area contributed by atoms with Crippen LogP contribution < -0.4 is 5.32 Å². The SMILES string of the molecule is Cc1ccc(NC(=O)COC(=O)c2cccn2C)c(Br)c1. The highest BCUT2D eigenvalue weighted by Crippen LogP contribution is 2.23. The van der Waals surface area contributed by atoms with Crippen molar-refractivity contribution in [2.75, 3.05) is 11.9 Å². The van der Waals surface area contributed by atoms with Gasteiger partial charge in [-0.25, -0.2) is 4.79 Å². The predicted octanol–water partition coefficient (Wildman–Crippen LogP) is 2.89. The van der Waals surface area contributed by atoms with Crippen molar-refractivity contribution in [2.45, 2.75) is 6.92 Å². The number of amides is 1. The van der Waals surface area contributed by atoms with Crippen molar-refractivity contribution in [3.05, 3.63) is 52.3 Å². The zero-order valence-corrected chi connectivity index (χ0v) is 13.3.